The first-order chi connectivity index (χ1) is 23.2. The van der Waals surface area contributed by atoms with E-state index in [2.05, 4.69) is 26.1 Å². The highest BCUT2D eigenvalue weighted by Gasteiger charge is 2.73. The van der Waals surface area contributed by atoms with Gasteiger partial charge in [0.15, 0.2) is 0 Å². The molecule has 0 aromatic heterocycles. The van der Waals surface area contributed by atoms with E-state index in [0.29, 0.717) is 31.4 Å². The van der Waals surface area contributed by atoms with Gasteiger partial charge in [0.2, 0.25) is 17.7 Å². The quantitative estimate of drug-likeness (QED) is 0.314. The Morgan fingerprint density at radius 2 is 1.78 bits per heavy atom. The van der Waals surface area contributed by atoms with Gasteiger partial charge < -0.3 is 34.4 Å². The predicted octanol–water partition coefficient (Wildman–Crippen LogP) is 3.72. The molecule has 49 heavy (non-hydrogen) atoms. The summed E-state index contributed by atoms with van der Waals surface area (Å²) in [6.45, 7) is 12.3. The molecule has 1 spiro atoms. The summed E-state index contributed by atoms with van der Waals surface area (Å²) in [5.41, 5.74) is -1.51. The average molecular weight is 680 g/mol. The van der Waals surface area contributed by atoms with Crippen LogP contribution >= 0.6 is 0 Å². The Morgan fingerprint density at radius 3 is 2.41 bits per heavy atom. The zero-order valence-corrected chi connectivity index (χ0v) is 29.9. The van der Waals surface area contributed by atoms with Crippen molar-refractivity contribution in [2.45, 2.75) is 109 Å². The molecule has 0 unspecified atom stereocenters. The molecule has 1 aromatic carbocycles. The monoisotopic (exact) mass is 679 g/mol. The fourth-order valence-electron chi connectivity index (χ4n) is 8.57. The third-order valence-electron chi connectivity index (χ3n) is 10.3. The minimum Gasteiger partial charge on any atom is -0.455 e. The number of fused-ring (bicyclic) bond motifs is 2. The number of hydrogen-bond acceptors (Lipinski definition) is 8. The highest BCUT2D eigenvalue weighted by molar-refractivity contribution is 5.99. The Hall–Kier alpha value is -3.54. The maximum absolute atomic E-state index is 14.9. The SMILES string of the molecule is CC[C@@H](CO)N1C(=O)[C@@H]2[C@H]3C(=O)O[C@H](c4ccccc4)[C@@H](COC)NC(=O)CC/C=C\[C@H]3O[C@@]23C=CCN(C(C)(C)CC(C)(C)C)C(=O)[C@@H]13. The van der Waals surface area contributed by atoms with Crippen molar-refractivity contribution in [1.82, 2.24) is 15.1 Å². The Morgan fingerprint density at radius 1 is 1.06 bits per heavy atom. The normalized spacial score (nSPS) is 32.2. The number of allylic oxidation sites excluding steroid dienone is 1. The van der Waals surface area contributed by atoms with Crippen LogP contribution in [0.4, 0.5) is 0 Å². The molecule has 5 rings (SSSR count). The number of amides is 3. The van der Waals surface area contributed by atoms with Crippen LogP contribution in [0.2, 0.25) is 0 Å². The lowest BCUT2D eigenvalue weighted by atomic mass is 9.77. The largest absolute Gasteiger partial charge is 0.455 e. The second-order valence-electron chi connectivity index (χ2n) is 15.6. The molecule has 3 amide bonds. The number of rotatable bonds is 8. The van der Waals surface area contributed by atoms with E-state index in [1.807, 2.05) is 57.2 Å². The van der Waals surface area contributed by atoms with Crippen LogP contribution in [0, 0.1) is 17.3 Å². The first kappa shape index (κ1) is 36.7. The molecule has 4 aliphatic rings. The summed E-state index contributed by atoms with van der Waals surface area (Å²) in [6, 6.07) is 6.63. The van der Waals surface area contributed by atoms with E-state index in [-0.39, 0.29) is 36.9 Å². The standard InChI is InChI=1S/C38H53N3O8/c1-8-25(21-42)41-32-34(45)40(37(5,6)23-36(2,3)4)20-14-19-38(32)30(33(41)44)29-27(49-38)17-12-13-18-28(43)39-26(22-47-7)31(48-35(29)46)24-15-10-9-11-16-24/h9-12,14-17,19,25-27,29-32,42H,8,13,18,20-23H2,1-7H3,(H,39,43)/b17-12-/t25-,26+,27+,29-,30-,31+,32+,38-/m0/s1. The molecule has 2 fully saturated rings. The highest BCUT2D eigenvalue weighted by Crippen LogP contribution is 2.54. The van der Waals surface area contributed by atoms with Gasteiger partial charge in [0, 0.05) is 25.6 Å². The number of aliphatic hydroxyl groups excluding tert-OH is 1. The average Bonchev–Trinajstić information content (AvgIpc) is 3.41. The summed E-state index contributed by atoms with van der Waals surface area (Å²) < 4.78 is 18.6. The van der Waals surface area contributed by atoms with E-state index in [1.54, 1.807) is 23.1 Å². The summed E-state index contributed by atoms with van der Waals surface area (Å²) in [6.07, 6.45) is 6.99. The van der Waals surface area contributed by atoms with Gasteiger partial charge in [-0.2, -0.15) is 0 Å². The van der Waals surface area contributed by atoms with Crippen molar-refractivity contribution in [3.63, 3.8) is 0 Å². The number of methoxy groups -OCH3 is 1. The van der Waals surface area contributed by atoms with Gasteiger partial charge in [0.1, 0.15) is 23.7 Å². The first-order valence-electron chi connectivity index (χ1n) is 17.5. The maximum Gasteiger partial charge on any atom is 0.313 e. The Kier molecular flexibility index (Phi) is 10.8. The van der Waals surface area contributed by atoms with Gasteiger partial charge in [0.05, 0.1) is 37.3 Å². The summed E-state index contributed by atoms with van der Waals surface area (Å²) in [5.74, 6) is -3.82. The van der Waals surface area contributed by atoms with Gasteiger partial charge in [-0.05, 0) is 44.1 Å². The third-order valence-corrected chi connectivity index (χ3v) is 10.3. The predicted molar refractivity (Wildman–Crippen MR) is 183 cm³/mol. The van der Waals surface area contributed by atoms with Gasteiger partial charge in [-0.25, -0.2) is 0 Å². The van der Waals surface area contributed by atoms with Gasteiger partial charge in [0.25, 0.3) is 0 Å². The molecule has 0 saturated carbocycles. The second-order valence-corrected chi connectivity index (χ2v) is 15.6. The molecule has 11 heteroatoms. The molecule has 0 bridgehead atoms. The van der Waals surface area contributed by atoms with Gasteiger partial charge in [-0.3, -0.25) is 19.2 Å². The van der Waals surface area contributed by atoms with Crippen molar-refractivity contribution < 1.29 is 38.5 Å². The van der Waals surface area contributed by atoms with Crippen molar-refractivity contribution in [3.8, 4) is 0 Å². The van der Waals surface area contributed by atoms with Crippen molar-refractivity contribution in [2.24, 2.45) is 17.3 Å². The molecule has 2 saturated heterocycles. The lowest BCUT2D eigenvalue weighted by Crippen LogP contribution is -2.61. The molecule has 0 radical (unpaired) electrons. The summed E-state index contributed by atoms with van der Waals surface area (Å²) in [5, 5.41) is 13.5. The van der Waals surface area contributed by atoms with Crippen LogP contribution < -0.4 is 5.32 Å². The fourth-order valence-corrected chi connectivity index (χ4v) is 8.57. The third kappa shape index (κ3) is 7.07. The maximum atomic E-state index is 14.9. The fraction of sp³-hybridized carbons (Fsp3) is 0.632. The molecule has 268 valence electrons. The van der Waals surface area contributed by atoms with Crippen LogP contribution in [0.15, 0.2) is 54.6 Å². The minimum atomic E-state index is -1.50. The number of carbonyl (C=O) groups excluding carboxylic acids is 4. The molecule has 11 nitrogen and oxygen atoms in total. The summed E-state index contributed by atoms with van der Waals surface area (Å²) >= 11 is 0. The van der Waals surface area contributed by atoms with Crippen molar-refractivity contribution in [3.05, 3.63) is 60.2 Å². The van der Waals surface area contributed by atoms with E-state index in [4.69, 9.17) is 14.2 Å². The highest BCUT2D eigenvalue weighted by atomic mass is 16.6. The topological polar surface area (TPSA) is 135 Å². The number of nitrogens with one attached hydrogen (secondary N) is 1. The second kappa shape index (κ2) is 14.4. The molecular formula is C38H53N3O8. The Bertz CT molecular complexity index is 1450. The first-order valence-corrected chi connectivity index (χ1v) is 17.5. The molecular weight excluding hydrogens is 626 g/mol. The molecule has 1 aromatic rings. The number of carbonyl (C=O) groups is 4. The summed E-state index contributed by atoms with van der Waals surface area (Å²) in [4.78, 5) is 60.6. The van der Waals surface area contributed by atoms with Crippen LogP contribution in [0.5, 0.6) is 0 Å². The molecule has 8 atom stereocenters. The van der Waals surface area contributed by atoms with Crippen molar-refractivity contribution in [2.75, 3.05) is 26.9 Å². The Balaban J connectivity index is 1.63. The number of hydrogen-bond donors (Lipinski definition) is 2. The number of aliphatic hydroxyl groups is 1. The van der Waals surface area contributed by atoms with Crippen LogP contribution in [0.3, 0.4) is 0 Å². The minimum absolute atomic E-state index is 0.0767. The lowest BCUT2D eigenvalue weighted by molar-refractivity contribution is -0.163. The van der Waals surface area contributed by atoms with Crippen molar-refractivity contribution >= 4 is 23.7 Å². The van der Waals surface area contributed by atoms with Crippen LogP contribution in [-0.2, 0) is 33.4 Å². The Labute approximate surface area is 290 Å². The van der Waals surface area contributed by atoms with Crippen LogP contribution in [0.25, 0.3) is 0 Å². The molecule has 2 N–H and O–H groups in total. The van der Waals surface area contributed by atoms with E-state index < -0.39 is 65.2 Å². The zero-order chi connectivity index (χ0) is 35.7. The number of likely N-dealkylation sites (tertiary alicyclic amines) is 1. The van der Waals surface area contributed by atoms with Gasteiger partial charge >= 0.3 is 5.97 Å². The zero-order valence-electron chi connectivity index (χ0n) is 29.9. The number of benzene rings is 1. The van der Waals surface area contributed by atoms with Gasteiger partial charge in [-0.1, -0.05) is 82.3 Å². The lowest BCUT2D eigenvalue weighted by Gasteiger charge is -2.45. The van der Waals surface area contributed by atoms with Crippen molar-refractivity contribution in [1.29, 1.82) is 0 Å². The van der Waals surface area contributed by atoms with Gasteiger partial charge in [-0.15, -0.1) is 0 Å². The number of ether oxygens (including phenoxy) is 3. The van der Waals surface area contributed by atoms with E-state index in [9.17, 15) is 24.3 Å². The molecule has 4 heterocycles. The number of cyclic esters (lactones) is 1. The van der Waals surface area contributed by atoms with Crippen LogP contribution in [-0.4, -0.2) is 101 Å². The smallest absolute Gasteiger partial charge is 0.313 e. The number of esters is 1. The number of nitrogens with zero attached hydrogens (tertiary/aromatic N) is 2. The summed E-state index contributed by atoms with van der Waals surface area (Å²) in [7, 11) is 1.51. The molecule has 4 aliphatic heterocycles. The van der Waals surface area contributed by atoms with E-state index in [0.717, 1.165) is 0 Å². The van der Waals surface area contributed by atoms with Crippen LogP contribution in [0.1, 0.15) is 78.9 Å². The van der Waals surface area contributed by atoms with E-state index >= 15 is 0 Å². The van der Waals surface area contributed by atoms with E-state index in [1.165, 1.54) is 12.0 Å². The molecule has 0 aliphatic carbocycles.